The molecule has 0 saturated heterocycles. The number of nitrogen functional groups attached to an aromatic ring is 1. The number of carbonyl (C=O) groups excluding carboxylic acids is 1. The van der Waals surface area contributed by atoms with Gasteiger partial charge < -0.3 is 25.5 Å². The van der Waals surface area contributed by atoms with Crippen molar-refractivity contribution in [2.45, 2.75) is 39.0 Å². The Kier molecular flexibility index (Phi) is 4.78. The molecular weight excluding hydrogens is 340 g/mol. The molecule has 0 bridgehead atoms. The van der Waals surface area contributed by atoms with Crippen LogP contribution in [0, 0.1) is 0 Å². The van der Waals surface area contributed by atoms with E-state index >= 15 is 0 Å². The zero-order chi connectivity index (χ0) is 18.1. The summed E-state index contributed by atoms with van der Waals surface area (Å²) >= 11 is 5.92. The Bertz CT molecular complexity index is 785. The largest absolute Gasteiger partial charge is 0.480 e. The molecule has 0 aliphatic rings. The third-order valence-electron chi connectivity index (χ3n) is 2.81. The summed E-state index contributed by atoms with van der Waals surface area (Å²) in [6, 6.07) is -1.26. The standard InChI is InChI=1S/C13H17ClN6O4/c1-13(2,3)24-12(23)17-6(10(21)22)4-20-5-16-7-8(14)18-11(15)19-9(7)20/h5-6H,4H2,1-3H3,(H,17,23)(H,21,22)(H2,15,18,19)/t6-/m0/s1. The fourth-order valence-corrected chi connectivity index (χ4v) is 2.11. The molecule has 10 nitrogen and oxygen atoms in total. The normalized spacial score (nSPS) is 12.8. The number of anilines is 1. The summed E-state index contributed by atoms with van der Waals surface area (Å²) < 4.78 is 6.47. The molecule has 0 aliphatic heterocycles. The van der Waals surface area contributed by atoms with Crippen molar-refractivity contribution in [3.05, 3.63) is 11.5 Å². The average Bonchev–Trinajstić information content (AvgIpc) is 2.79. The Labute approximate surface area is 142 Å². The van der Waals surface area contributed by atoms with Gasteiger partial charge in [0.2, 0.25) is 5.95 Å². The highest BCUT2D eigenvalue weighted by molar-refractivity contribution is 6.33. The monoisotopic (exact) mass is 356 g/mol. The Morgan fingerprint density at radius 2 is 2.12 bits per heavy atom. The number of carboxylic acids is 1. The zero-order valence-corrected chi connectivity index (χ0v) is 14.0. The molecular formula is C13H17ClN6O4. The summed E-state index contributed by atoms with van der Waals surface area (Å²) in [4.78, 5) is 35.0. The van der Waals surface area contributed by atoms with E-state index in [0.717, 1.165) is 0 Å². The Morgan fingerprint density at radius 1 is 1.46 bits per heavy atom. The second-order valence-corrected chi connectivity index (χ2v) is 6.34. The van der Waals surface area contributed by atoms with Crippen LogP contribution in [0.5, 0.6) is 0 Å². The lowest BCUT2D eigenvalue weighted by Crippen LogP contribution is -2.45. The van der Waals surface area contributed by atoms with Crippen molar-refractivity contribution in [1.29, 1.82) is 0 Å². The van der Waals surface area contributed by atoms with E-state index in [0.29, 0.717) is 0 Å². The van der Waals surface area contributed by atoms with Gasteiger partial charge in [0.05, 0.1) is 12.9 Å². The molecule has 24 heavy (non-hydrogen) atoms. The minimum absolute atomic E-state index is 0.0585. The summed E-state index contributed by atoms with van der Waals surface area (Å²) in [5.74, 6) is -1.31. The molecule has 2 aromatic heterocycles. The van der Waals surface area contributed by atoms with Crippen molar-refractivity contribution in [1.82, 2.24) is 24.8 Å². The van der Waals surface area contributed by atoms with E-state index in [2.05, 4.69) is 20.3 Å². The van der Waals surface area contributed by atoms with Crippen LogP contribution in [0.2, 0.25) is 5.15 Å². The number of aromatic nitrogens is 4. The first kappa shape index (κ1) is 17.7. The van der Waals surface area contributed by atoms with E-state index in [1.807, 2.05) is 0 Å². The van der Waals surface area contributed by atoms with Crippen LogP contribution in [-0.4, -0.2) is 48.3 Å². The highest BCUT2D eigenvalue weighted by Gasteiger charge is 2.25. The quantitative estimate of drug-likeness (QED) is 0.689. The number of nitrogens with one attached hydrogen (secondary N) is 1. The van der Waals surface area contributed by atoms with Gasteiger partial charge in [-0.1, -0.05) is 11.6 Å². The van der Waals surface area contributed by atoms with Crippen LogP contribution in [-0.2, 0) is 16.1 Å². The first-order valence-corrected chi connectivity index (χ1v) is 7.31. The van der Waals surface area contributed by atoms with Gasteiger partial charge in [0.15, 0.2) is 10.8 Å². The minimum Gasteiger partial charge on any atom is -0.480 e. The third kappa shape index (κ3) is 4.22. The summed E-state index contributed by atoms with van der Waals surface area (Å²) in [5.41, 5.74) is 5.35. The molecule has 1 atom stereocenters. The molecule has 0 spiro atoms. The zero-order valence-electron chi connectivity index (χ0n) is 13.3. The number of nitrogens with two attached hydrogens (primary N) is 1. The Hall–Kier alpha value is -2.62. The SMILES string of the molecule is CC(C)(C)OC(=O)N[C@@H](Cn1cnc2c(Cl)nc(N)nc21)C(=O)O. The van der Waals surface area contributed by atoms with Gasteiger partial charge in [-0.05, 0) is 20.8 Å². The van der Waals surface area contributed by atoms with Gasteiger partial charge in [0.25, 0.3) is 0 Å². The summed E-state index contributed by atoms with van der Waals surface area (Å²) in [6.07, 6.45) is 0.503. The van der Waals surface area contributed by atoms with Crippen molar-refractivity contribution < 1.29 is 19.4 Å². The fraction of sp³-hybridized carbons (Fsp3) is 0.462. The van der Waals surface area contributed by atoms with Gasteiger partial charge in [-0.3, -0.25) is 0 Å². The van der Waals surface area contributed by atoms with Crippen LogP contribution in [0.1, 0.15) is 20.8 Å². The number of alkyl carbamates (subject to hydrolysis) is 1. The van der Waals surface area contributed by atoms with Crippen LogP contribution in [0.4, 0.5) is 10.7 Å². The number of hydrogen-bond acceptors (Lipinski definition) is 7. The molecule has 0 saturated carbocycles. The summed E-state index contributed by atoms with van der Waals surface area (Å²) in [7, 11) is 0. The number of rotatable bonds is 4. The number of carbonyl (C=O) groups is 2. The Balaban J connectivity index is 2.23. The van der Waals surface area contributed by atoms with Gasteiger partial charge in [-0.25, -0.2) is 14.6 Å². The van der Waals surface area contributed by atoms with Gasteiger partial charge in [0, 0.05) is 0 Å². The first-order valence-electron chi connectivity index (χ1n) is 6.93. The van der Waals surface area contributed by atoms with Crippen LogP contribution >= 0.6 is 11.6 Å². The molecule has 0 unspecified atom stereocenters. The van der Waals surface area contributed by atoms with E-state index in [1.54, 1.807) is 20.8 Å². The van der Waals surface area contributed by atoms with E-state index in [-0.39, 0.29) is 28.8 Å². The summed E-state index contributed by atoms with van der Waals surface area (Å²) in [5, 5.41) is 11.7. The van der Waals surface area contributed by atoms with Gasteiger partial charge in [0.1, 0.15) is 17.2 Å². The van der Waals surface area contributed by atoms with Crippen molar-refractivity contribution in [2.24, 2.45) is 0 Å². The van der Waals surface area contributed by atoms with Gasteiger partial charge >= 0.3 is 12.1 Å². The second-order valence-electron chi connectivity index (χ2n) is 5.98. The molecule has 2 rings (SSSR count). The van der Waals surface area contributed by atoms with E-state index in [1.165, 1.54) is 10.9 Å². The molecule has 2 heterocycles. The van der Waals surface area contributed by atoms with Crippen LogP contribution in [0.25, 0.3) is 11.2 Å². The number of carboxylic acid groups (broad SMARTS) is 1. The number of hydrogen-bond donors (Lipinski definition) is 3. The molecule has 0 fully saturated rings. The second kappa shape index (κ2) is 6.48. The smallest absolute Gasteiger partial charge is 0.408 e. The lowest BCUT2D eigenvalue weighted by atomic mass is 10.2. The average molecular weight is 357 g/mol. The van der Waals surface area contributed by atoms with Crippen LogP contribution in [0.15, 0.2) is 6.33 Å². The van der Waals surface area contributed by atoms with Gasteiger partial charge in [-0.15, -0.1) is 0 Å². The fourth-order valence-electron chi connectivity index (χ4n) is 1.89. The van der Waals surface area contributed by atoms with Gasteiger partial charge in [-0.2, -0.15) is 9.97 Å². The number of imidazole rings is 1. The number of nitrogens with zero attached hydrogens (tertiary/aromatic N) is 4. The highest BCUT2D eigenvalue weighted by Crippen LogP contribution is 2.19. The number of amides is 1. The number of ether oxygens (including phenoxy) is 1. The molecule has 4 N–H and O–H groups in total. The maximum Gasteiger partial charge on any atom is 0.408 e. The van der Waals surface area contributed by atoms with Crippen molar-refractivity contribution in [3.63, 3.8) is 0 Å². The number of aliphatic carboxylic acids is 1. The van der Waals surface area contributed by atoms with E-state index in [4.69, 9.17) is 22.1 Å². The molecule has 2 aromatic rings. The van der Waals surface area contributed by atoms with Crippen LogP contribution in [0.3, 0.4) is 0 Å². The summed E-state index contributed by atoms with van der Waals surface area (Å²) in [6.45, 7) is 4.88. The third-order valence-corrected chi connectivity index (χ3v) is 3.07. The molecule has 11 heteroatoms. The minimum atomic E-state index is -1.26. The highest BCUT2D eigenvalue weighted by atomic mass is 35.5. The topological polar surface area (TPSA) is 145 Å². The molecule has 0 radical (unpaired) electrons. The van der Waals surface area contributed by atoms with Crippen LogP contribution < -0.4 is 11.1 Å². The van der Waals surface area contributed by atoms with Crippen molar-refractivity contribution >= 4 is 40.8 Å². The predicted molar refractivity (Wildman–Crippen MR) is 85.5 cm³/mol. The van der Waals surface area contributed by atoms with E-state index in [9.17, 15) is 14.7 Å². The first-order chi connectivity index (χ1) is 11.1. The lowest BCUT2D eigenvalue weighted by molar-refractivity contribution is -0.139. The maximum absolute atomic E-state index is 11.8. The number of fused-ring (bicyclic) bond motifs is 1. The molecule has 0 aliphatic carbocycles. The van der Waals surface area contributed by atoms with Crippen molar-refractivity contribution in [3.8, 4) is 0 Å². The Morgan fingerprint density at radius 3 is 2.71 bits per heavy atom. The molecule has 130 valence electrons. The maximum atomic E-state index is 11.8. The molecule has 0 aromatic carbocycles. The van der Waals surface area contributed by atoms with E-state index < -0.39 is 23.7 Å². The molecule has 1 amide bonds. The predicted octanol–water partition coefficient (Wildman–Crippen LogP) is 1.04. The lowest BCUT2D eigenvalue weighted by Gasteiger charge is -2.22. The van der Waals surface area contributed by atoms with Crippen molar-refractivity contribution in [2.75, 3.05) is 5.73 Å². The number of halogens is 1.